The number of halogens is 1. The van der Waals surface area contributed by atoms with Crippen LogP contribution in [0.4, 0.5) is 4.39 Å². The van der Waals surface area contributed by atoms with Gasteiger partial charge in [0.1, 0.15) is 11.9 Å². The van der Waals surface area contributed by atoms with Crippen LogP contribution in [-0.4, -0.2) is 26.3 Å². The molecule has 1 aromatic carbocycles. The highest BCUT2D eigenvalue weighted by Crippen LogP contribution is 2.24. The summed E-state index contributed by atoms with van der Waals surface area (Å²) < 4.78 is 15.7. The molecule has 1 amide bonds. The molecule has 1 aliphatic rings. The molecule has 8 heteroatoms. The summed E-state index contributed by atoms with van der Waals surface area (Å²) in [4.78, 5) is 20.8. The van der Waals surface area contributed by atoms with Crippen LogP contribution in [0.15, 0.2) is 48.9 Å². The van der Waals surface area contributed by atoms with Crippen molar-refractivity contribution in [1.29, 1.82) is 0 Å². The average Bonchev–Trinajstić information content (AvgIpc) is 3.27. The number of benzene rings is 1. The molecule has 0 spiro atoms. The fourth-order valence-corrected chi connectivity index (χ4v) is 2.96. The van der Waals surface area contributed by atoms with Gasteiger partial charge in [0.05, 0.1) is 18.3 Å². The van der Waals surface area contributed by atoms with Crippen LogP contribution in [0, 0.1) is 5.82 Å². The SMILES string of the molecule is O=C(NCc1cn2cccnc2n1)C1CC(c2ccccc2F)NN1. The van der Waals surface area contributed by atoms with E-state index in [1.807, 2.05) is 18.5 Å². The van der Waals surface area contributed by atoms with E-state index < -0.39 is 6.04 Å². The molecule has 128 valence electrons. The van der Waals surface area contributed by atoms with Gasteiger partial charge in [0.2, 0.25) is 11.7 Å². The van der Waals surface area contributed by atoms with Crippen molar-refractivity contribution in [3.63, 3.8) is 0 Å². The Morgan fingerprint density at radius 2 is 2.20 bits per heavy atom. The Morgan fingerprint density at radius 3 is 3.04 bits per heavy atom. The zero-order chi connectivity index (χ0) is 17.2. The molecule has 1 aliphatic heterocycles. The maximum absolute atomic E-state index is 13.9. The number of imidazole rings is 1. The molecule has 1 fully saturated rings. The minimum absolute atomic E-state index is 0.156. The molecule has 2 aromatic heterocycles. The number of amides is 1. The average molecular weight is 340 g/mol. The number of nitrogens with one attached hydrogen (secondary N) is 3. The first-order chi connectivity index (χ1) is 12.2. The van der Waals surface area contributed by atoms with Gasteiger partial charge in [0.15, 0.2) is 0 Å². The van der Waals surface area contributed by atoms with Crippen LogP contribution in [-0.2, 0) is 11.3 Å². The van der Waals surface area contributed by atoms with E-state index in [-0.39, 0.29) is 17.8 Å². The van der Waals surface area contributed by atoms with Crippen molar-refractivity contribution in [2.75, 3.05) is 0 Å². The number of aromatic nitrogens is 3. The quantitative estimate of drug-likeness (QED) is 0.662. The molecule has 0 aliphatic carbocycles. The van der Waals surface area contributed by atoms with Gasteiger partial charge in [0.25, 0.3) is 0 Å². The van der Waals surface area contributed by atoms with Crippen LogP contribution < -0.4 is 16.2 Å². The third-order valence-electron chi connectivity index (χ3n) is 4.23. The van der Waals surface area contributed by atoms with E-state index in [0.717, 1.165) is 5.69 Å². The monoisotopic (exact) mass is 340 g/mol. The second-order valence-corrected chi connectivity index (χ2v) is 5.93. The highest BCUT2D eigenvalue weighted by atomic mass is 19.1. The molecule has 0 saturated carbocycles. The van der Waals surface area contributed by atoms with Gasteiger partial charge >= 0.3 is 0 Å². The highest BCUT2D eigenvalue weighted by molar-refractivity contribution is 5.82. The predicted molar refractivity (Wildman–Crippen MR) is 88.7 cm³/mol. The van der Waals surface area contributed by atoms with Crippen molar-refractivity contribution in [3.8, 4) is 0 Å². The van der Waals surface area contributed by atoms with Gasteiger partial charge in [-0.2, -0.15) is 0 Å². The minimum Gasteiger partial charge on any atom is -0.349 e. The molecule has 1 saturated heterocycles. The summed E-state index contributed by atoms with van der Waals surface area (Å²) in [6.45, 7) is 0.310. The molecule has 3 aromatic rings. The van der Waals surface area contributed by atoms with Crippen LogP contribution in [0.5, 0.6) is 0 Å². The Balaban J connectivity index is 1.36. The lowest BCUT2D eigenvalue weighted by Crippen LogP contribution is -2.42. The molecule has 7 nitrogen and oxygen atoms in total. The largest absolute Gasteiger partial charge is 0.349 e. The number of carbonyl (C=O) groups is 1. The molecule has 0 bridgehead atoms. The molecular formula is C17H17FN6O. The molecule has 3 heterocycles. The van der Waals surface area contributed by atoms with E-state index in [4.69, 9.17) is 0 Å². The normalized spacial score (nSPS) is 20.0. The minimum atomic E-state index is -0.431. The first-order valence-corrected chi connectivity index (χ1v) is 8.02. The van der Waals surface area contributed by atoms with E-state index in [0.29, 0.717) is 24.3 Å². The van der Waals surface area contributed by atoms with Gasteiger partial charge in [-0.1, -0.05) is 18.2 Å². The Labute approximate surface area is 143 Å². The first kappa shape index (κ1) is 15.7. The summed E-state index contributed by atoms with van der Waals surface area (Å²) in [5.74, 6) is 0.156. The number of carbonyl (C=O) groups excluding carboxylic acids is 1. The van der Waals surface area contributed by atoms with Gasteiger partial charge in [-0.3, -0.25) is 9.20 Å². The summed E-state index contributed by atoms with van der Waals surface area (Å²) in [7, 11) is 0. The third-order valence-corrected chi connectivity index (χ3v) is 4.23. The van der Waals surface area contributed by atoms with Crippen molar-refractivity contribution in [3.05, 3.63) is 66.0 Å². The maximum Gasteiger partial charge on any atom is 0.238 e. The molecule has 2 atom stereocenters. The summed E-state index contributed by atoms with van der Waals surface area (Å²) in [5, 5.41) is 2.85. The number of rotatable bonds is 4. The Kier molecular flexibility index (Phi) is 4.12. The summed E-state index contributed by atoms with van der Waals surface area (Å²) >= 11 is 0. The number of hydrogen-bond acceptors (Lipinski definition) is 5. The predicted octanol–water partition coefficient (Wildman–Crippen LogP) is 1.09. The Hall–Kier alpha value is -2.84. The lowest BCUT2D eigenvalue weighted by atomic mass is 10.0. The smallest absolute Gasteiger partial charge is 0.238 e. The van der Waals surface area contributed by atoms with E-state index >= 15 is 0 Å². The molecular weight excluding hydrogens is 323 g/mol. The van der Waals surface area contributed by atoms with Gasteiger partial charge in [-0.05, 0) is 18.6 Å². The maximum atomic E-state index is 13.9. The van der Waals surface area contributed by atoms with Crippen molar-refractivity contribution in [2.45, 2.75) is 25.0 Å². The van der Waals surface area contributed by atoms with Crippen LogP contribution in [0.2, 0.25) is 0 Å². The third kappa shape index (κ3) is 3.21. The van der Waals surface area contributed by atoms with Crippen molar-refractivity contribution in [1.82, 2.24) is 30.5 Å². The zero-order valence-corrected chi connectivity index (χ0v) is 13.3. The van der Waals surface area contributed by atoms with Crippen LogP contribution in [0.25, 0.3) is 5.78 Å². The van der Waals surface area contributed by atoms with E-state index in [1.54, 1.807) is 28.8 Å². The highest BCUT2D eigenvalue weighted by Gasteiger charge is 2.31. The summed E-state index contributed by atoms with van der Waals surface area (Å²) in [6.07, 6.45) is 5.81. The van der Waals surface area contributed by atoms with Gasteiger partial charge in [0, 0.05) is 24.2 Å². The fraction of sp³-hybridized carbons (Fsp3) is 0.235. The van der Waals surface area contributed by atoms with Gasteiger partial charge in [-0.15, -0.1) is 0 Å². The molecule has 0 radical (unpaired) electrons. The number of nitrogens with zero attached hydrogens (tertiary/aromatic N) is 3. The molecule has 3 N–H and O–H groups in total. The Morgan fingerprint density at radius 1 is 1.32 bits per heavy atom. The summed E-state index contributed by atoms with van der Waals surface area (Å²) in [5.41, 5.74) is 7.19. The first-order valence-electron chi connectivity index (χ1n) is 8.02. The van der Waals surface area contributed by atoms with Gasteiger partial charge in [-0.25, -0.2) is 25.2 Å². The second kappa shape index (κ2) is 6.58. The van der Waals surface area contributed by atoms with E-state index in [1.165, 1.54) is 6.07 Å². The lowest BCUT2D eigenvalue weighted by molar-refractivity contribution is -0.123. The standard InChI is InChI=1S/C17H17FN6O/c18-13-5-2-1-4-12(13)14-8-15(23-22-14)16(25)20-9-11-10-24-7-3-6-19-17(24)21-11/h1-7,10,14-15,22-23H,8-9H2,(H,20,25). The van der Waals surface area contributed by atoms with Crippen molar-refractivity contribution >= 4 is 11.7 Å². The van der Waals surface area contributed by atoms with Crippen molar-refractivity contribution in [2.24, 2.45) is 0 Å². The van der Waals surface area contributed by atoms with Crippen LogP contribution in [0.3, 0.4) is 0 Å². The topological polar surface area (TPSA) is 83.4 Å². The summed E-state index contributed by atoms with van der Waals surface area (Å²) in [6, 6.07) is 7.71. The number of fused-ring (bicyclic) bond motifs is 1. The zero-order valence-electron chi connectivity index (χ0n) is 13.3. The van der Waals surface area contributed by atoms with Crippen LogP contribution >= 0.6 is 0 Å². The second-order valence-electron chi connectivity index (χ2n) is 5.93. The molecule has 25 heavy (non-hydrogen) atoms. The number of hydrazine groups is 1. The lowest BCUT2D eigenvalue weighted by Gasteiger charge is -2.10. The van der Waals surface area contributed by atoms with Crippen molar-refractivity contribution < 1.29 is 9.18 Å². The van der Waals surface area contributed by atoms with E-state index in [9.17, 15) is 9.18 Å². The molecule has 2 unspecified atom stereocenters. The van der Waals surface area contributed by atoms with E-state index in [2.05, 4.69) is 26.1 Å². The fourth-order valence-electron chi connectivity index (χ4n) is 2.96. The number of hydrogen-bond donors (Lipinski definition) is 3. The van der Waals surface area contributed by atoms with Crippen LogP contribution in [0.1, 0.15) is 23.7 Å². The Bertz CT molecular complexity index is 878. The molecule has 4 rings (SSSR count). The van der Waals surface area contributed by atoms with Gasteiger partial charge < -0.3 is 5.32 Å².